The Hall–Kier alpha value is -5.48. The van der Waals surface area contributed by atoms with Crippen LogP contribution in [-0.2, 0) is 10.9 Å². The molecule has 2 aromatic carbocycles. The van der Waals surface area contributed by atoms with Gasteiger partial charge in [0, 0.05) is 0 Å². The fraction of sp³-hybridized carbons (Fsp3) is 0.136. The van der Waals surface area contributed by atoms with Gasteiger partial charge in [0.05, 0.1) is 29.1 Å². The lowest BCUT2D eigenvalue weighted by molar-refractivity contribution is -0.137. The molecule has 17 heteroatoms. The standard InChI is InChI=1S/C12H14N6O2.C10H9F3N6/c1-2-20-12(19)7-4-3-5-8(6-7)15-16-9-10(13)17-18-11(9)14;11-10(12,13)5-2-1-3-6(4-5)16-17-7-8(14)18-19-9(7)15/h3-6,15H,2H2,1H3,(H4,13,14,16,17,18);1-4,16H,(H4,14,15,17,18,19). The number of benzene rings is 2. The van der Waals surface area contributed by atoms with Crippen LogP contribution < -0.4 is 33.8 Å². The number of amidine groups is 4. The predicted octanol–water partition coefficient (Wildman–Crippen LogP) is 1.39. The van der Waals surface area contributed by atoms with Crippen LogP contribution >= 0.6 is 0 Å². The molecule has 4 rings (SSSR count). The number of esters is 1. The van der Waals surface area contributed by atoms with Crippen LogP contribution in [0, 0.1) is 0 Å². The van der Waals surface area contributed by atoms with Gasteiger partial charge in [0.25, 0.3) is 0 Å². The lowest BCUT2D eigenvalue weighted by Crippen LogP contribution is -2.32. The Morgan fingerprint density at radius 2 is 1.28 bits per heavy atom. The number of nitrogens with one attached hydrogen (secondary N) is 2. The van der Waals surface area contributed by atoms with Crippen LogP contribution in [0.5, 0.6) is 0 Å². The predicted molar refractivity (Wildman–Crippen MR) is 142 cm³/mol. The fourth-order valence-electron chi connectivity index (χ4n) is 2.83. The van der Waals surface area contributed by atoms with E-state index < -0.39 is 17.7 Å². The largest absolute Gasteiger partial charge is 0.462 e. The van der Waals surface area contributed by atoms with E-state index in [4.69, 9.17) is 27.7 Å². The Morgan fingerprint density at radius 3 is 1.74 bits per heavy atom. The second-order valence-corrected chi connectivity index (χ2v) is 7.47. The van der Waals surface area contributed by atoms with Crippen molar-refractivity contribution >= 4 is 52.1 Å². The first-order chi connectivity index (χ1) is 18.5. The first-order valence-electron chi connectivity index (χ1n) is 11.0. The van der Waals surface area contributed by atoms with Crippen molar-refractivity contribution in [2.75, 3.05) is 17.5 Å². The second-order valence-electron chi connectivity index (χ2n) is 7.47. The molecule has 0 fully saturated rings. The maximum Gasteiger partial charge on any atom is 0.416 e. The molecule has 0 amide bonds. The normalized spacial score (nSPS) is 14.3. The number of ether oxygens (including phenoxy) is 1. The van der Waals surface area contributed by atoms with Gasteiger partial charge in [0.15, 0.2) is 34.8 Å². The van der Waals surface area contributed by atoms with Crippen molar-refractivity contribution < 1.29 is 22.7 Å². The van der Waals surface area contributed by atoms with Gasteiger partial charge in [-0.1, -0.05) is 12.1 Å². The molecule has 0 unspecified atom stereocenters. The topological polar surface area (TPSA) is 229 Å². The van der Waals surface area contributed by atoms with Crippen LogP contribution in [0.25, 0.3) is 0 Å². The highest BCUT2D eigenvalue weighted by atomic mass is 19.4. The number of anilines is 2. The Bertz CT molecular complexity index is 1390. The van der Waals surface area contributed by atoms with Crippen molar-refractivity contribution in [1.82, 2.24) is 0 Å². The molecule has 14 nitrogen and oxygen atoms in total. The number of nitrogens with zero attached hydrogens (tertiary/aromatic N) is 6. The van der Waals surface area contributed by atoms with Gasteiger partial charge >= 0.3 is 12.1 Å². The molecule has 0 atom stereocenters. The maximum atomic E-state index is 12.5. The van der Waals surface area contributed by atoms with Gasteiger partial charge < -0.3 is 27.7 Å². The zero-order valence-corrected chi connectivity index (χ0v) is 20.3. The van der Waals surface area contributed by atoms with Gasteiger partial charge in [0.2, 0.25) is 0 Å². The molecule has 2 aliphatic heterocycles. The molecule has 204 valence electrons. The Morgan fingerprint density at radius 1 is 0.821 bits per heavy atom. The summed E-state index contributed by atoms with van der Waals surface area (Å²) >= 11 is 0. The molecule has 0 saturated carbocycles. The van der Waals surface area contributed by atoms with E-state index in [-0.39, 0.29) is 40.5 Å². The number of carbonyl (C=O) groups is 1. The third kappa shape index (κ3) is 7.51. The monoisotopic (exact) mass is 544 g/mol. The van der Waals surface area contributed by atoms with Crippen LogP contribution in [0.4, 0.5) is 24.5 Å². The third-order valence-corrected chi connectivity index (χ3v) is 4.66. The summed E-state index contributed by atoms with van der Waals surface area (Å²) in [5, 5.41) is 21.9. The van der Waals surface area contributed by atoms with Crippen LogP contribution in [0.3, 0.4) is 0 Å². The van der Waals surface area contributed by atoms with Crippen molar-refractivity contribution in [1.29, 1.82) is 0 Å². The summed E-state index contributed by atoms with van der Waals surface area (Å²) in [6.07, 6.45) is -4.42. The van der Waals surface area contributed by atoms with E-state index in [1.54, 1.807) is 31.2 Å². The Balaban J connectivity index is 0.000000216. The summed E-state index contributed by atoms with van der Waals surface area (Å²) in [4.78, 5) is 11.6. The zero-order valence-electron chi connectivity index (χ0n) is 20.3. The number of hydrazone groups is 2. The van der Waals surface area contributed by atoms with Gasteiger partial charge in [0.1, 0.15) is 0 Å². The molecule has 0 spiro atoms. The summed E-state index contributed by atoms with van der Waals surface area (Å²) in [5.74, 6) is -0.131. The third-order valence-electron chi connectivity index (χ3n) is 4.66. The van der Waals surface area contributed by atoms with Crippen LogP contribution in [0.2, 0.25) is 0 Å². The van der Waals surface area contributed by atoms with Gasteiger partial charge in [-0.05, 0) is 43.3 Å². The fourth-order valence-corrected chi connectivity index (χ4v) is 2.83. The van der Waals surface area contributed by atoms with E-state index in [1.165, 1.54) is 12.1 Å². The molecule has 0 aliphatic carbocycles. The highest BCUT2D eigenvalue weighted by molar-refractivity contribution is 6.69. The highest BCUT2D eigenvalue weighted by Crippen LogP contribution is 2.30. The maximum absolute atomic E-state index is 12.5. The molecule has 0 bridgehead atoms. The summed E-state index contributed by atoms with van der Waals surface area (Å²) in [6, 6.07) is 11.3. The summed E-state index contributed by atoms with van der Waals surface area (Å²) < 4.78 is 42.4. The van der Waals surface area contributed by atoms with Gasteiger partial charge in [-0.3, -0.25) is 10.9 Å². The van der Waals surface area contributed by atoms with E-state index in [1.807, 2.05) is 0 Å². The molecule has 10 N–H and O–H groups in total. The molecule has 2 aliphatic rings. The lowest BCUT2D eigenvalue weighted by atomic mass is 10.2. The average Bonchev–Trinajstić information content (AvgIpc) is 3.40. The lowest BCUT2D eigenvalue weighted by Gasteiger charge is -2.08. The number of alkyl halides is 3. The first-order valence-corrected chi connectivity index (χ1v) is 11.0. The molecular formula is C22H23F3N12O2. The number of halogens is 3. The summed E-state index contributed by atoms with van der Waals surface area (Å²) in [7, 11) is 0. The number of hydrogen-bond acceptors (Lipinski definition) is 14. The van der Waals surface area contributed by atoms with Crippen molar-refractivity contribution in [3.8, 4) is 0 Å². The van der Waals surface area contributed by atoms with Crippen molar-refractivity contribution in [2.24, 2.45) is 53.5 Å². The van der Waals surface area contributed by atoms with Gasteiger partial charge in [-0.15, -0.1) is 20.4 Å². The molecule has 2 heterocycles. The van der Waals surface area contributed by atoms with Crippen molar-refractivity contribution in [2.45, 2.75) is 13.1 Å². The Kier molecular flexibility index (Phi) is 8.77. The first kappa shape index (κ1) is 28.1. The Labute approximate surface area is 219 Å². The van der Waals surface area contributed by atoms with E-state index >= 15 is 0 Å². The smallest absolute Gasteiger partial charge is 0.416 e. The van der Waals surface area contributed by atoms with E-state index in [2.05, 4.69) is 41.5 Å². The number of carbonyl (C=O) groups excluding carboxylic acids is 1. The van der Waals surface area contributed by atoms with Gasteiger partial charge in [-0.2, -0.15) is 23.4 Å². The minimum Gasteiger partial charge on any atom is -0.462 e. The summed E-state index contributed by atoms with van der Waals surface area (Å²) in [5.41, 5.74) is 27.9. The summed E-state index contributed by atoms with van der Waals surface area (Å²) in [6.45, 7) is 2.06. The molecule has 0 saturated heterocycles. The molecule has 39 heavy (non-hydrogen) atoms. The molecule has 2 aromatic rings. The van der Waals surface area contributed by atoms with Gasteiger partial charge in [-0.25, -0.2) is 4.79 Å². The average molecular weight is 545 g/mol. The molecule has 0 aromatic heterocycles. The van der Waals surface area contributed by atoms with E-state index in [0.717, 1.165) is 12.1 Å². The second kappa shape index (κ2) is 12.2. The van der Waals surface area contributed by atoms with E-state index in [9.17, 15) is 18.0 Å². The molecular weight excluding hydrogens is 521 g/mol. The number of rotatable bonds is 6. The number of hydrogen-bond donors (Lipinski definition) is 6. The zero-order chi connectivity index (χ0) is 28.6. The van der Waals surface area contributed by atoms with E-state index in [0.29, 0.717) is 17.9 Å². The van der Waals surface area contributed by atoms with Crippen molar-refractivity contribution in [3.63, 3.8) is 0 Å². The van der Waals surface area contributed by atoms with Crippen molar-refractivity contribution in [3.05, 3.63) is 59.7 Å². The minimum atomic E-state index is -4.42. The van der Waals surface area contributed by atoms with Crippen LogP contribution in [0.1, 0.15) is 22.8 Å². The van der Waals surface area contributed by atoms with Crippen LogP contribution in [-0.4, -0.2) is 47.3 Å². The van der Waals surface area contributed by atoms with Crippen LogP contribution in [0.15, 0.2) is 79.1 Å². The quantitative estimate of drug-likeness (QED) is 0.229. The molecule has 0 radical (unpaired) electrons. The number of nitrogens with two attached hydrogens (primary N) is 4. The highest BCUT2D eigenvalue weighted by Gasteiger charge is 2.30. The minimum absolute atomic E-state index is 0.00280. The SMILES string of the molecule is CCOC(=O)c1cccc(NN=C2C(N)=NN=C2N)c1.NC1=NN=C(N)C1=NNc1cccc(C(F)(F)F)c1.